The smallest absolute Gasteiger partial charge is 0.0746 e. The Bertz CT molecular complexity index is 599. The number of para-hydroxylation sites is 1. The average Bonchev–Trinajstić information content (AvgIpc) is 2.53. The fraction of sp³-hybridized carbons (Fsp3) is 0.438. The molecule has 4 heteroatoms. The molecule has 1 aliphatic heterocycles. The van der Waals surface area contributed by atoms with Gasteiger partial charge in [0.1, 0.15) is 0 Å². The number of ether oxygens (including phenoxy) is 1. The molecule has 0 radical (unpaired) electrons. The first kappa shape index (κ1) is 13.3. The van der Waals surface area contributed by atoms with Gasteiger partial charge in [-0.2, -0.15) is 0 Å². The highest BCUT2D eigenvalue weighted by Crippen LogP contribution is 2.29. The number of aromatic nitrogens is 1. The van der Waals surface area contributed by atoms with Gasteiger partial charge in [-0.1, -0.05) is 18.2 Å². The molecule has 3 rings (SSSR count). The van der Waals surface area contributed by atoms with Crippen LogP contribution in [0.3, 0.4) is 0 Å². The molecule has 1 saturated heterocycles. The van der Waals surface area contributed by atoms with Crippen molar-refractivity contribution in [3.05, 3.63) is 36.0 Å². The molecule has 2 aromatic rings. The van der Waals surface area contributed by atoms with Gasteiger partial charge in [0.2, 0.25) is 0 Å². The number of anilines is 1. The predicted molar refractivity (Wildman–Crippen MR) is 81.9 cm³/mol. The van der Waals surface area contributed by atoms with Crippen molar-refractivity contribution in [2.75, 3.05) is 25.1 Å². The van der Waals surface area contributed by atoms with Crippen molar-refractivity contribution in [1.82, 2.24) is 4.98 Å². The van der Waals surface area contributed by atoms with Crippen LogP contribution < -0.4 is 10.6 Å². The molecule has 0 spiro atoms. The monoisotopic (exact) mass is 271 g/mol. The van der Waals surface area contributed by atoms with Crippen molar-refractivity contribution in [3.63, 3.8) is 0 Å². The number of nitrogens with zero attached hydrogens (tertiary/aromatic N) is 2. The van der Waals surface area contributed by atoms with E-state index in [9.17, 15) is 0 Å². The van der Waals surface area contributed by atoms with Crippen molar-refractivity contribution in [1.29, 1.82) is 0 Å². The number of hydrogen-bond acceptors (Lipinski definition) is 4. The zero-order valence-corrected chi connectivity index (χ0v) is 11.9. The molecule has 0 aliphatic carbocycles. The van der Waals surface area contributed by atoms with Gasteiger partial charge in [-0.05, 0) is 25.0 Å². The molecule has 1 fully saturated rings. The topological polar surface area (TPSA) is 51.4 Å². The molecule has 106 valence electrons. The Hall–Kier alpha value is -1.65. The molecule has 0 saturated carbocycles. The van der Waals surface area contributed by atoms with Gasteiger partial charge in [-0.3, -0.25) is 4.98 Å². The van der Waals surface area contributed by atoms with Crippen molar-refractivity contribution in [2.45, 2.75) is 25.5 Å². The van der Waals surface area contributed by atoms with E-state index in [-0.39, 0.29) is 0 Å². The number of hydrogen-bond donors (Lipinski definition) is 1. The van der Waals surface area contributed by atoms with Crippen LogP contribution in [0.25, 0.3) is 10.9 Å². The lowest BCUT2D eigenvalue weighted by Gasteiger charge is -2.34. The molecule has 1 unspecified atom stereocenters. The minimum absolute atomic E-state index is 0.317. The summed E-state index contributed by atoms with van der Waals surface area (Å²) < 4.78 is 5.53. The summed E-state index contributed by atoms with van der Waals surface area (Å²) in [5, 5.41) is 1.20. The highest BCUT2D eigenvalue weighted by molar-refractivity contribution is 5.92. The molecule has 0 amide bonds. The second-order valence-corrected chi connectivity index (χ2v) is 5.30. The van der Waals surface area contributed by atoms with E-state index in [2.05, 4.69) is 34.1 Å². The third-order valence-corrected chi connectivity index (χ3v) is 4.01. The SMILES string of the molecule is COC1CCCN(c2cc(CN)nc3ccccc23)C1. The van der Waals surface area contributed by atoms with Gasteiger partial charge in [0.05, 0.1) is 17.3 Å². The highest BCUT2D eigenvalue weighted by atomic mass is 16.5. The van der Waals surface area contributed by atoms with Crippen LogP contribution in [0.5, 0.6) is 0 Å². The zero-order valence-electron chi connectivity index (χ0n) is 11.9. The summed E-state index contributed by atoms with van der Waals surface area (Å²) in [6.07, 6.45) is 2.62. The average molecular weight is 271 g/mol. The largest absolute Gasteiger partial charge is 0.380 e. The minimum atomic E-state index is 0.317. The molecule has 0 bridgehead atoms. The van der Waals surface area contributed by atoms with Crippen LogP contribution in [0.2, 0.25) is 0 Å². The van der Waals surface area contributed by atoms with Crippen LogP contribution >= 0.6 is 0 Å². The molecule has 1 atom stereocenters. The Balaban J connectivity index is 2.04. The zero-order chi connectivity index (χ0) is 13.9. The number of fused-ring (bicyclic) bond motifs is 1. The van der Waals surface area contributed by atoms with E-state index in [0.29, 0.717) is 12.6 Å². The van der Waals surface area contributed by atoms with E-state index < -0.39 is 0 Å². The van der Waals surface area contributed by atoms with Gasteiger partial charge in [0.15, 0.2) is 0 Å². The van der Waals surface area contributed by atoms with E-state index in [1.165, 1.54) is 11.1 Å². The number of piperidine rings is 1. The number of nitrogens with two attached hydrogens (primary N) is 1. The molecule has 1 aromatic carbocycles. The number of pyridine rings is 1. The summed E-state index contributed by atoms with van der Waals surface area (Å²) in [5.41, 5.74) is 8.98. The Kier molecular flexibility index (Phi) is 3.85. The van der Waals surface area contributed by atoms with E-state index in [1.807, 2.05) is 6.07 Å². The lowest BCUT2D eigenvalue weighted by atomic mass is 10.1. The van der Waals surface area contributed by atoms with Gasteiger partial charge in [0, 0.05) is 37.8 Å². The lowest BCUT2D eigenvalue weighted by molar-refractivity contribution is 0.0894. The van der Waals surface area contributed by atoms with E-state index in [4.69, 9.17) is 10.5 Å². The first-order valence-electron chi connectivity index (χ1n) is 7.18. The standard InChI is InChI=1S/C16H21N3O/c1-20-13-5-4-8-19(11-13)16-9-12(10-17)18-15-7-3-2-6-14(15)16/h2-3,6-7,9,13H,4-5,8,10-11,17H2,1H3. The number of benzene rings is 1. The van der Waals surface area contributed by atoms with Crippen LogP contribution in [-0.2, 0) is 11.3 Å². The fourth-order valence-corrected chi connectivity index (χ4v) is 2.93. The molecular formula is C16H21N3O. The van der Waals surface area contributed by atoms with Gasteiger partial charge in [0.25, 0.3) is 0 Å². The van der Waals surface area contributed by atoms with E-state index in [1.54, 1.807) is 7.11 Å². The Labute approximate surface area is 119 Å². The Morgan fingerprint density at radius 2 is 2.25 bits per heavy atom. The molecule has 4 nitrogen and oxygen atoms in total. The maximum absolute atomic E-state index is 5.79. The van der Waals surface area contributed by atoms with Crippen molar-refractivity contribution >= 4 is 16.6 Å². The normalized spacial score (nSPS) is 19.5. The van der Waals surface area contributed by atoms with Gasteiger partial charge < -0.3 is 15.4 Å². The number of rotatable bonds is 3. The van der Waals surface area contributed by atoms with Crippen LogP contribution in [0.15, 0.2) is 30.3 Å². The van der Waals surface area contributed by atoms with E-state index >= 15 is 0 Å². The maximum Gasteiger partial charge on any atom is 0.0746 e. The summed E-state index contributed by atoms with van der Waals surface area (Å²) >= 11 is 0. The first-order valence-corrected chi connectivity index (χ1v) is 7.18. The molecule has 1 aromatic heterocycles. The third kappa shape index (κ3) is 2.49. The molecule has 20 heavy (non-hydrogen) atoms. The predicted octanol–water partition coefficient (Wildman–Crippen LogP) is 2.31. The highest BCUT2D eigenvalue weighted by Gasteiger charge is 2.21. The van der Waals surface area contributed by atoms with Crippen LogP contribution in [-0.4, -0.2) is 31.3 Å². The molecule has 2 heterocycles. The van der Waals surface area contributed by atoms with Gasteiger partial charge in [-0.15, -0.1) is 0 Å². The summed E-state index contributed by atoms with van der Waals surface area (Å²) in [5.74, 6) is 0. The first-order chi connectivity index (χ1) is 9.81. The van der Waals surface area contributed by atoms with Crippen LogP contribution in [0.1, 0.15) is 18.5 Å². The summed E-state index contributed by atoms with van der Waals surface area (Å²) in [6.45, 7) is 2.48. The summed E-state index contributed by atoms with van der Waals surface area (Å²) in [7, 11) is 1.80. The molecule has 1 aliphatic rings. The van der Waals surface area contributed by atoms with Gasteiger partial charge >= 0.3 is 0 Å². The lowest BCUT2D eigenvalue weighted by Crippen LogP contribution is -2.39. The van der Waals surface area contributed by atoms with E-state index in [0.717, 1.165) is 37.1 Å². The van der Waals surface area contributed by atoms with Crippen molar-refractivity contribution in [3.8, 4) is 0 Å². The van der Waals surface area contributed by atoms with Crippen molar-refractivity contribution in [2.24, 2.45) is 5.73 Å². The van der Waals surface area contributed by atoms with Crippen LogP contribution in [0, 0.1) is 0 Å². The summed E-state index contributed by atoms with van der Waals surface area (Å²) in [4.78, 5) is 7.01. The third-order valence-electron chi connectivity index (χ3n) is 4.01. The molecule has 2 N–H and O–H groups in total. The summed E-state index contributed by atoms with van der Waals surface area (Å²) in [6, 6.07) is 10.4. The Morgan fingerprint density at radius 1 is 1.40 bits per heavy atom. The minimum Gasteiger partial charge on any atom is -0.380 e. The number of methoxy groups -OCH3 is 1. The second-order valence-electron chi connectivity index (χ2n) is 5.30. The van der Waals surface area contributed by atoms with Crippen molar-refractivity contribution < 1.29 is 4.74 Å². The fourth-order valence-electron chi connectivity index (χ4n) is 2.93. The molecular weight excluding hydrogens is 250 g/mol. The van der Waals surface area contributed by atoms with Crippen LogP contribution in [0.4, 0.5) is 5.69 Å². The maximum atomic E-state index is 5.79. The quantitative estimate of drug-likeness (QED) is 0.930. The Morgan fingerprint density at radius 3 is 3.05 bits per heavy atom. The van der Waals surface area contributed by atoms with Gasteiger partial charge in [-0.25, -0.2) is 0 Å². The second kappa shape index (κ2) is 5.77.